The van der Waals surface area contributed by atoms with E-state index in [4.69, 9.17) is 19.7 Å². The number of hydrogen-bond donors (Lipinski definition) is 1. The van der Waals surface area contributed by atoms with Crippen molar-refractivity contribution in [1.82, 2.24) is 5.16 Å². The fourth-order valence-corrected chi connectivity index (χ4v) is 1.97. The zero-order valence-corrected chi connectivity index (χ0v) is 12.1. The van der Waals surface area contributed by atoms with Gasteiger partial charge in [0.25, 0.3) is 0 Å². The molecule has 1 heterocycles. The van der Waals surface area contributed by atoms with Crippen molar-refractivity contribution in [3.05, 3.63) is 41.3 Å². The third kappa shape index (κ3) is 3.74. The molecule has 0 saturated heterocycles. The molecule has 1 aromatic heterocycles. The van der Waals surface area contributed by atoms with E-state index in [0.29, 0.717) is 18.1 Å². The van der Waals surface area contributed by atoms with E-state index in [1.54, 1.807) is 7.11 Å². The maximum atomic E-state index is 5.80. The van der Waals surface area contributed by atoms with Crippen LogP contribution in [-0.2, 0) is 13.0 Å². The van der Waals surface area contributed by atoms with Crippen molar-refractivity contribution in [3.63, 3.8) is 0 Å². The smallest absolute Gasteiger partial charge is 0.161 e. The molecular formula is C15H20N2O3. The molecule has 2 aromatic rings. The summed E-state index contributed by atoms with van der Waals surface area (Å²) in [5.74, 6) is 2.15. The minimum Gasteiger partial charge on any atom is -0.493 e. The van der Waals surface area contributed by atoms with Crippen LogP contribution in [0.25, 0.3) is 0 Å². The summed E-state index contributed by atoms with van der Waals surface area (Å²) in [5.41, 5.74) is 7.68. The Kier molecular flexibility index (Phi) is 4.63. The first kappa shape index (κ1) is 14.4. The third-order valence-electron chi connectivity index (χ3n) is 2.84. The molecular weight excluding hydrogens is 256 g/mol. The lowest BCUT2D eigenvalue weighted by Gasteiger charge is -2.12. The fraction of sp³-hybridized carbons (Fsp3) is 0.400. The van der Waals surface area contributed by atoms with E-state index in [0.717, 1.165) is 23.4 Å². The van der Waals surface area contributed by atoms with Crippen molar-refractivity contribution in [3.8, 4) is 11.5 Å². The summed E-state index contributed by atoms with van der Waals surface area (Å²) in [4.78, 5) is 0. The number of benzene rings is 1. The number of nitrogens with two attached hydrogens (primary N) is 1. The predicted molar refractivity (Wildman–Crippen MR) is 75.9 cm³/mol. The van der Waals surface area contributed by atoms with Gasteiger partial charge in [-0.25, -0.2) is 0 Å². The van der Waals surface area contributed by atoms with Gasteiger partial charge in [0.15, 0.2) is 11.5 Å². The first-order valence-electron chi connectivity index (χ1n) is 6.56. The number of hydrogen-bond acceptors (Lipinski definition) is 5. The van der Waals surface area contributed by atoms with Crippen LogP contribution in [0.1, 0.15) is 23.9 Å². The highest BCUT2D eigenvalue weighted by Crippen LogP contribution is 2.29. The molecule has 0 radical (unpaired) electrons. The fourth-order valence-electron chi connectivity index (χ4n) is 1.97. The normalized spacial score (nSPS) is 12.2. The number of ether oxygens (including phenoxy) is 2. The maximum absolute atomic E-state index is 5.80. The molecule has 1 atom stereocenters. The van der Waals surface area contributed by atoms with E-state index in [1.165, 1.54) is 0 Å². The molecule has 0 aliphatic rings. The van der Waals surface area contributed by atoms with E-state index >= 15 is 0 Å². The lowest BCUT2D eigenvalue weighted by Crippen LogP contribution is -2.17. The summed E-state index contributed by atoms with van der Waals surface area (Å²) in [6.07, 6.45) is 0.805. The first-order valence-corrected chi connectivity index (χ1v) is 6.56. The Bertz CT molecular complexity index is 564. The predicted octanol–water partition coefficient (Wildman–Crippen LogP) is 2.46. The van der Waals surface area contributed by atoms with Gasteiger partial charge >= 0.3 is 0 Å². The van der Waals surface area contributed by atoms with Gasteiger partial charge in [0.05, 0.1) is 7.11 Å². The Morgan fingerprint density at radius 1 is 1.30 bits per heavy atom. The molecule has 0 fully saturated rings. The number of aromatic nitrogens is 1. The lowest BCUT2D eigenvalue weighted by molar-refractivity contribution is 0.271. The SMILES string of the molecule is COc1cc(CC(C)N)ccc1OCc1cc(C)on1. The summed E-state index contributed by atoms with van der Waals surface area (Å²) in [5, 5.41) is 3.89. The summed E-state index contributed by atoms with van der Waals surface area (Å²) in [6, 6.07) is 7.80. The van der Waals surface area contributed by atoms with Crippen molar-refractivity contribution in [2.24, 2.45) is 5.73 Å². The van der Waals surface area contributed by atoms with Crippen LogP contribution in [0.5, 0.6) is 11.5 Å². The van der Waals surface area contributed by atoms with Crippen LogP contribution in [0.4, 0.5) is 0 Å². The second kappa shape index (κ2) is 6.43. The topological polar surface area (TPSA) is 70.5 Å². The second-order valence-corrected chi connectivity index (χ2v) is 4.88. The van der Waals surface area contributed by atoms with Gasteiger partial charge in [0.2, 0.25) is 0 Å². The van der Waals surface area contributed by atoms with E-state index < -0.39 is 0 Å². The first-order chi connectivity index (χ1) is 9.58. The average Bonchev–Trinajstić information content (AvgIpc) is 2.82. The molecule has 0 aliphatic heterocycles. The molecule has 1 unspecified atom stereocenters. The van der Waals surface area contributed by atoms with E-state index in [2.05, 4.69) is 5.16 Å². The van der Waals surface area contributed by atoms with Crippen LogP contribution in [0.3, 0.4) is 0 Å². The average molecular weight is 276 g/mol. The Balaban J connectivity index is 2.07. The van der Waals surface area contributed by atoms with E-state index in [1.807, 2.05) is 38.1 Å². The highest BCUT2D eigenvalue weighted by Gasteiger charge is 2.08. The Morgan fingerprint density at radius 2 is 2.10 bits per heavy atom. The van der Waals surface area contributed by atoms with Gasteiger partial charge in [-0.3, -0.25) is 0 Å². The van der Waals surface area contributed by atoms with Crippen LogP contribution in [-0.4, -0.2) is 18.3 Å². The molecule has 2 N–H and O–H groups in total. The molecule has 1 aromatic carbocycles. The number of rotatable bonds is 6. The summed E-state index contributed by atoms with van der Waals surface area (Å²) in [6.45, 7) is 4.17. The summed E-state index contributed by atoms with van der Waals surface area (Å²) >= 11 is 0. The zero-order chi connectivity index (χ0) is 14.5. The lowest BCUT2D eigenvalue weighted by atomic mass is 10.1. The van der Waals surface area contributed by atoms with Crippen LogP contribution < -0.4 is 15.2 Å². The molecule has 108 valence electrons. The molecule has 0 amide bonds. The molecule has 0 spiro atoms. The van der Waals surface area contributed by atoms with Crippen molar-refractivity contribution in [2.75, 3.05) is 7.11 Å². The summed E-state index contributed by atoms with van der Waals surface area (Å²) < 4.78 is 16.1. The minimum atomic E-state index is 0.115. The molecule has 0 aliphatic carbocycles. The molecule has 5 nitrogen and oxygen atoms in total. The largest absolute Gasteiger partial charge is 0.493 e. The van der Waals surface area contributed by atoms with E-state index in [-0.39, 0.29) is 6.04 Å². The number of nitrogens with zero attached hydrogens (tertiary/aromatic N) is 1. The van der Waals surface area contributed by atoms with Gasteiger partial charge in [-0.1, -0.05) is 11.2 Å². The highest BCUT2D eigenvalue weighted by molar-refractivity contribution is 5.43. The van der Waals surface area contributed by atoms with Gasteiger partial charge in [-0.15, -0.1) is 0 Å². The van der Waals surface area contributed by atoms with Crippen LogP contribution >= 0.6 is 0 Å². The van der Waals surface area contributed by atoms with Gasteiger partial charge in [0, 0.05) is 12.1 Å². The van der Waals surface area contributed by atoms with Crippen molar-refractivity contribution in [1.29, 1.82) is 0 Å². The molecule has 0 bridgehead atoms. The summed E-state index contributed by atoms with van der Waals surface area (Å²) in [7, 11) is 1.62. The van der Waals surface area contributed by atoms with Crippen LogP contribution in [0, 0.1) is 6.92 Å². The molecule has 20 heavy (non-hydrogen) atoms. The van der Waals surface area contributed by atoms with Crippen molar-refractivity contribution >= 4 is 0 Å². The number of methoxy groups -OCH3 is 1. The Hall–Kier alpha value is -2.01. The van der Waals surface area contributed by atoms with Crippen molar-refractivity contribution < 1.29 is 14.0 Å². The van der Waals surface area contributed by atoms with Gasteiger partial charge < -0.3 is 19.7 Å². The number of aryl methyl sites for hydroxylation is 1. The van der Waals surface area contributed by atoms with Crippen LogP contribution in [0.15, 0.2) is 28.8 Å². The molecule has 2 rings (SSSR count). The van der Waals surface area contributed by atoms with Gasteiger partial charge in [-0.05, 0) is 38.0 Å². The Morgan fingerprint density at radius 3 is 2.70 bits per heavy atom. The van der Waals surface area contributed by atoms with Gasteiger partial charge in [0.1, 0.15) is 18.1 Å². The quantitative estimate of drug-likeness (QED) is 0.877. The second-order valence-electron chi connectivity index (χ2n) is 4.88. The molecule has 5 heteroatoms. The highest BCUT2D eigenvalue weighted by atomic mass is 16.5. The maximum Gasteiger partial charge on any atom is 0.161 e. The van der Waals surface area contributed by atoms with E-state index in [9.17, 15) is 0 Å². The van der Waals surface area contributed by atoms with Crippen LogP contribution in [0.2, 0.25) is 0 Å². The van der Waals surface area contributed by atoms with Crippen molar-refractivity contribution in [2.45, 2.75) is 32.9 Å². The third-order valence-corrected chi connectivity index (χ3v) is 2.84. The minimum absolute atomic E-state index is 0.115. The monoisotopic (exact) mass is 276 g/mol. The Labute approximate surface area is 118 Å². The molecule has 0 saturated carbocycles. The van der Waals surface area contributed by atoms with Gasteiger partial charge in [-0.2, -0.15) is 0 Å². The zero-order valence-electron chi connectivity index (χ0n) is 12.1. The standard InChI is InChI=1S/C15H20N2O3/c1-10(16)6-12-4-5-14(15(8-12)18-3)19-9-13-7-11(2)20-17-13/h4-5,7-8,10H,6,9,16H2,1-3H3.